The number of esters is 2. The maximum absolute atomic E-state index is 12.2. The Bertz CT molecular complexity index is 568. The zero-order chi connectivity index (χ0) is 18.9. The number of hydrogen-bond donors (Lipinski definition) is 1. The van der Waals surface area contributed by atoms with Crippen molar-refractivity contribution in [3.63, 3.8) is 0 Å². The lowest BCUT2D eigenvalue weighted by atomic mass is 10.0. The lowest BCUT2D eigenvalue weighted by Crippen LogP contribution is -2.44. The summed E-state index contributed by atoms with van der Waals surface area (Å²) in [4.78, 5) is 36.0. The van der Waals surface area contributed by atoms with E-state index in [-0.39, 0.29) is 19.0 Å². The van der Waals surface area contributed by atoms with Gasteiger partial charge in [0.1, 0.15) is 0 Å². The van der Waals surface area contributed by atoms with Gasteiger partial charge in [-0.25, -0.2) is 9.59 Å². The van der Waals surface area contributed by atoms with Crippen LogP contribution in [0.3, 0.4) is 0 Å². The first-order valence-corrected chi connectivity index (χ1v) is 9.08. The van der Waals surface area contributed by atoms with Gasteiger partial charge in [-0.15, -0.1) is 11.8 Å². The molecule has 1 rings (SSSR count). The molecule has 1 aromatic carbocycles. The van der Waals surface area contributed by atoms with Gasteiger partial charge in [0.2, 0.25) is 4.75 Å². The Kier molecular flexibility index (Phi) is 8.48. The lowest BCUT2D eigenvalue weighted by Gasteiger charge is -2.25. The third-order valence-corrected chi connectivity index (χ3v) is 5.06. The van der Waals surface area contributed by atoms with Gasteiger partial charge in [-0.3, -0.25) is 4.79 Å². The molecule has 0 aliphatic carbocycles. The smallest absolute Gasteiger partial charge is 0.333 e. The van der Waals surface area contributed by atoms with Gasteiger partial charge in [0.15, 0.2) is 0 Å². The van der Waals surface area contributed by atoms with E-state index in [0.717, 1.165) is 17.3 Å². The summed E-state index contributed by atoms with van der Waals surface area (Å²) in [6, 6.07) is 9.21. The highest BCUT2D eigenvalue weighted by atomic mass is 32.2. The molecule has 25 heavy (non-hydrogen) atoms. The number of thioether (sulfide) groups is 1. The number of carbonyl (C=O) groups is 3. The molecular weight excluding hydrogens is 344 g/mol. The molecule has 0 saturated heterocycles. The van der Waals surface area contributed by atoms with Crippen molar-refractivity contribution in [3.8, 4) is 0 Å². The van der Waals surface area contributed by atoms with Crippen molar-refractivity contribution in [3.05, 3.63) is 35.9 Å². The highest BCUT2D eigenvalue weighted by Crippen LogP contribution is 2.31. The van der Waals surface area contributed by atoms with Crippen LogP contribution in [0.15, 0.2) is 30.3 Å². The molecule has 0 heterocycles. The molecule has 1 N–H and O–H groups in total. The minimum Gasteiger partial charge on any atom is -0.481 e. The van der Waals surface area contributed by atoms with Crippen LogP contribution < -0.4 is 0 Å². The van der Waals surface area contributed by atoms with E-state index in [1.807, 2.05) is 30.3 Å². The average Bonchev–Trinajstić information content (AvgIpc) is 2.59. The van der Waals surface area contributed by atoms with Crippen LogP contribution in [0.2, 0.25) is 0 Å². The highest BCUT2D eigenvalue weighted by molar-refractivity contribution is 8.02. The molecule has 0 bridgehead atoms. The zero-order valence-corrected chi connectivity index (χ0v) is 15.5. The summed E-state index contributed by atoms with van der Waals surface area (Å²) >= 11 is 0.946. The van der Waals surface area contributed by atoms with Crippen molar-refractivity contribution in [2.24, 2.45) is 5.92 Å². The predicted molar refractivity (Wildman–Crippen MR) is 95.4 cm³/mol. The summed E-state index contributed by atoms with van der Waals surface area (Å²) in [5.74, 6) is -3.08. The summed E-state index contributed by atoms with van der Waals surface area (Å²) in [5, 5.41) is 9.47. The number of ether oxygens (including phenoxy) is 2. The first kappa shape index (κ1) is 21.0. The Morgan fingerprint density at radius 1 is 1.08 bits per heavy atom. The molecule has 0 aliphatic rings. The van der Waals surface area contributed by atoms with E-state index < -0.39 is 28.6 Å². The van der Waals surface area contributed by atoms with E-state index >= 15 is 0 Å². The Hall–Kier alpha value is -2.02. The molecule has 7 heteroatoms. The van der Waals surface area contributed by atoms with Gasteiger partial charge in [-0.05, 0) is 32.8 Å². The fourth-order valence-electron chi connectivity index (χ4n) is 2.12. The van der Waals surface area contributed by atoms with Gasteiger partial charge in [0.25, 0.3) is 0 Å². The molecule has 0 aromatic heterocycles. The second kappa shape index (κ2) is 10.1. The Balaban J connectivity index is 2.88. The maximum atomic E-state index is 12.2. The van der Waals surface area contributed by atoms with Gasteiger partial charge in [-0.1, -0.05) is 30.3 Å². The first-order chi connectivity index (χ1) is 11.8. The largest absolute Gasteiger partial charge is 0.481 e. The van der Waals surface area contributed by atoms with Crippen molar-refractivity contribution in [1.82, 2.24) is 0 Å². The van der Waals surface area contributed by atoms with E-state index in [0.29, 0.717) is 6.42 Å². The number of rotatable bonds is 10. The van der Waals surface area contributed by atoms with Crippen LogP contribution in [0.4, 0.5) is 0 Å². The molecule has 0 aliphatic heterocycles. The minimum absolute atomic E-state index is 0.0817. The fraction of sp³-hybridized carbons (Fsp3) is 0.500. The SMILES string of the molecule is CCOC(=O)C(C)(SCC(Cc1ccccc1)C(=O)O)C(=O)OCC. The molecule has 0 radical (unpaired) electrons. The zero-order valence-electron chi connectivity index (χ0n) is 14.7. The van der Waals surface area contributed by atoms with Gasteiger partial charge in [-0.2, -0.15) is 0 Å². The van der Waals surface area contributed by atoms with E-state index in [2.05, 4.69) is 0 Å². The molecule has 1 unspecified atom stereocenters. The summed E-state index contributed by atoms with van der Waals surface area (Å²) in [6.07, 6.45) is 0.310. The molecular formula is C18H24O6S. The molecule has 138 valence electrons. The van der Waals surface area contributed by atoms with E-state index in [9.17, 15) is 19.5 Å². The van der Waals surface area contributed by atoms with E-state index in [4.69, 9.17) is 9.47 Å². The maximum Gasteiger partial charge on any atom is 0.333 e. The highest BCUT2D eigenvalue weighted by Gasteiger charge is 2.45. The molecule has 6 nitrogen and oxygen atoms in total. The van der Waals surface area contributed by atoms with Gasteiger partial charge in [0.05, 0.1) is 19.1 Å². The third-order valence-electron chi connectivity index (χ3n) is 3.58. The Morgan fingerprint density at radius 3 is 2.04 bits per heavy atom. The Morgan fingerprint density at radius 2 is 1.60 bits per heavy atom. The predicted octanol–water partition coefficient (Wildman–Crippen LogP) is 2.55. The molecule has 1 aromatic rings. The Labute approximate surface area is 151 Å². The van der Waals surface area contributed by atoms with Gasteiger partial charge in [0, 0.05) is 5.75 Å². The minimum atomic E-state index is -1.59. The summed E-state index contributed by atoms with van der Waals surface area (Å²) in [5.41, 5.74) is 0.879. The van der Waals surface area contributed by atoms with Crippen LogP contribution in [-0.2, 0) is 30.3 Å². The van der Waals surface area contributed by atoms with Crippen LogP contribution in [-0.4, -0.2) is 46.7 Å². The van der Waals surface area contributed by atoms with Crippen molar-refractivity contribution < 1.29 is 29.0 Å². The fourth-order valence-corrected chi connectivity index (χ4v) is 3.27. The second-order valence-electron chi connectivity index (χ2n) is 5.51. The number of carboxylic acid groups (broad SMARTS) is 1. The number of carbonyl (C=O) groups excluding carboxylic acids is 2. The van der Waals surface area contributed by atoms with Crippen LogP contribution in [0, 0.1) is 5.92 Å². The van der Waals surface area contributed by atoms with E-state index in [1.165, 1.54) is 6.92 Å². The van der Waals surface area contributed by atoms with E-state index in [1.54, 1.807) is 13.8 Å². The summed E-state index contributed by atoms with van der Waals surface area (Å²) in [7, 11) is 0. The van der Waals surface area contributed by atoms with Crippen molar-refractivity contribution in [1.29, 1.82) is 0 Å². The number of aliphatic carboxylic acids is 1. The van der Waals surface area contributed by atoms with Gasteiger partial charge < -0.3 is 14.6 Å². The van der Waals surface area contributed by atoms with Crippen molar-refractivity contribution in [2.75, 3.05) is 19.0 Å². The molecule has 0 amide bonds. The first-order valence-electron chi connectivity index (χ1n) is 8.10. The monoisotopic (exact) mass is 368 g/mol. The van der Waals surface area contributed by atoms with Crippen LogP contribution >= 0.6 is 11.8 Å². The third kappa shape index (κ3) is 6.08. The average molecular weight is 368 g/mol. The van der Waals surface area contributed by atoms with Crippen LogP contribution in [0.25, 0.3) is 0 Å². The van der Waals surface area contributed by atoms with Crippen LogP contribution in [0.1, 0.15) is 26.3 Å². The van der Waals surface area contributed by atoms with Crippen molar-refractivity contribution >= 4 is 29.7 Å². The topological polar surface area (TPSA) is 89.9 Å². The standard InChI is InChI=1S/C18H24O6S/c1-4-23-16(21)18(3,17(22)24-5-2)25-12-14(15(19)20)11-13-9-7-6-8-10-13/h6-10,14H,4-5,11-12H2,1-3H3,(H,19,20). The molecule has 0 saturated carbocycles. The summed E-state index contributed by atoms with van der Waals surface area (Å²) < 4.78 is 8.37. The number of benzene rings is 1. The summed E-state index contributed by atoms with van der Waals surface area (Å²) in [6.45, 7) is 4.95. The molecule has 0 fully saturated rings. The lowest BCUT2D eigenvalue weighted by molar-refractivity contribution is -0.158. The quantitative estimate of drug-likeness (QED) is 0.501. The number of hydrogen-bond acceptors (Lipinski definition) is 6. The molecule has 1 atom stereocenters. The normalized spacial score (nSPS) is 12.3. The van der Waals surface area contributed by atoms with Crippen molar-refractivity contribution in [2.45, 2.75) is 31.9 Å². The second-order valence-corrected chi connectivity index (χ2v) is 6.95. The molecule has 0 spiro atoms. The van der Waals surface area contributed by atoms with Gasteiger partial charge >= 0.3 is 17.9 Å². The number of carboxylic acids is 1. The van der Waals surface area contributed by atoms with Crippen LogP contribution in [0.5, 0.6) is 0 Å².